The Morgan fingerprint density at radius 1 is 0.962 bits per heavy atom. The number of rotatable bonds is 6. The number of fused-ring (bicyclic) bond motifs is 1. The largest absolute Gasteiger partial charge is 0.350 e. The second-order valence-corrected chi connectivity index (χ2v) is 5.63. The molecule has 0 spiro atoms. The molecule has 3 rings (SSSR count). The molecule has 0 saturated heterocycles. The number of H-pyrrole nitrogens is 1. The molecule has 2 aromatic heterocycles. The molecule has 0 bridgehead atoms. The molecule has 0 saturated carbocycles. The van der Waals surface area contributed by atoms with Gasteiger partial charge in [0.25, 0.3) is 5.56 Å². The Hall–Kier alpha value is -3.55. The molecular formula is C18H17N5O3. The van der Waals surface area contributed by atoms with E-state index >= 15 is 0 Å². The third-order valence-electron chi connectivity index (χ3n) is 3.79. The monoisotopic (exact) mass is 351 g/mol. The number of nitrogens with one attached hydrogen (secondary N) is 3. The highest BCUT2D eigenvalue weighted by Crippen LogP contribution is 2.12. The molecule has 0 aliphatic carbocycles. The molecule has 3 aromatic rings. The lowest BCUT2D eigenvalue weighted by Gasteiger charge is -2.08. The average Bonchev–Trinajstić information content (AvgIpc) is 2.68. The maximum atomic E-state index is 12.1. The molecule has 0 aliphatic heterocycles. The Kier molecular flexibility index (Phi) is 5.33. The second-order valence-electron chi connectivity index (χ2n) is 5.63. The normalized spacial score (nSPS) is 10.5. The van der Waals surface area contributed by atoms with Gasteiger partial charge in [0.1, 0.15) is 0 Å². The highest BCUT2D eigenvalue weighted by atomic mass is 16.2. The molecule has 0 fully saturated rings. The summed E-state index contributed by atoms with van der Waals surface area (Å²) in [6.07, 6.45) is 3.25. The molecule has 2 amide bonds. The van der Waals surface area contributed by atoms with E-state index in [1.165, 1.54) is 0 Å². The first-order valence-electron chi connectivity index (χ1n) is 8.02. The number of hydrogen-bond acceptors (Lipinski definition) is 5. The van der Waals surface area contributed by atoms with E-state index in [1.807, 2.05) is 0 Å². The van der Waals surface area contributed by atoms with Crippen molar-refractivity contribution in [3.05, 3.63) is 70.4 Å². The van der Waals surface area contributed by atoms with Gasteiger partial charge < -0.3 is 10.6 Å². The first-order valence-corrected chi connectivity index (χ1v) is 8.02. The van der Waals surface area contributed by atoms with Crippen molar-refractivity contribution in [2.75, 3.05) is 6.54 Å². The van der Waals surface area contributed by atoms with Gasteiger partial charge in [-0.3, -0.25) is 19.4 Å². The van der Waals surface area contributed by atoms with Crippen LogP contribution < -0.4 is 16.2 Å². The SMILES string of the molecule is O=C(CNC(=O)Cc1n[nH]c(=O)c2ccccc12)NCc1ccncc1. The summed E-state index contributed by atoms with van der Waals surface area (Å²) in [4.78, 5) is 39.6. The lowest BCUT2D eigenvalue weighted by Crippen LogP contribution is -2.37. The predicted octanol–water partition coefficient (Wildman–Crippen LogP) is 0.293. The molecule has 0 aliphatic rings. The van der Waals surface area contributed by atoms with Gasteiger partial charge >= 0.3 is 0 Å². The summed E-state index contributed by atoms with van der Waals surface area (Å²) in [5.74, 6) is -0.650. The third-order valence-corrected chi connectivity index (χ3v) is 3.79. The number of hydrogen-bond donors (Lipinski definition) is 3. The topological polar surface area (TPSA) is 117 Å². The van der Waals surface area contributed by atoms with Crippen LogP contribution in [0.3, 0.4) is 0 Å². The van der Waals surface area contributed by atoms with E-state index in [0.29, 0.717) is 23.0 Å². The van der Waals surface area contributed by atoms with Crippen LogP contribution in [0.1, 0.15) is 11.3 Å². The summed E-state index contributed by atoms with van der Waals surface area (Å²) in [6, 6.07) is 10.5. The molecule has 3 N–H and O–H groups in total. The van der Waals surface area contributed by atoms with E-state index in [9.17, 15) is 14.4 Å². The smallest absolute Gasteiger partial charge is 0.272 e. The number of aromatic amines is 1. The lowest BCUT2D eigenvalue weighted by atomic mass is 10.1. The molecule has 1 aromatic carbocycles. The number of carbonyl (C=O) groups is 2. The van der Waals surface area contributed by atoms with Crippen molar-refractivity contribution in [1.29, 1.82) is 0 Å². The molecular weight excluding hydrogens is 334 g/mol. The lowest BCUT2D eigenvalue weighted by molar-refractivity contribution is -0.125. The summed E-state index contributed by atoms with van der Waals surface area (Å²) < 4.78 is 0. The summed E-state index contributed by atoms with van der Waals surface area (Å²) >= 11 is 0. The van der Waals surface area contributed by atoms with Crippen molar-refractivity contribution >= 4 is 22.6 Å². The maximum Gasteiger partial charge on any atom is 0.272 e. The average molecular weight is 351 g/mol. The first kappa shape index (κ1) is 17.3. The van der Waals surface area contributed by atoms with Gasteiger partial charge in [-0.05, 0) is 23.8 Å². The highest BCUT2D eigenvalue weighted by molar-refractivity contribution is 5.90. The molecule has 0 unspecified atom stereocenters. The van der Waals surface area contributed by atoms with Crippen molar-refractivity contribution in [2.45, 2.75) is 13.0 Å². The van der Waals surface area contributed by atoms with Gasteiger partial charge in [-0.2, -0.15) is 5.10 Å². The van der Waals surface area contributed by atoms with Crippen molar-refractivity contribution < 1.29 is 9.59 Å². The van der Waals surface area contributed by atoms with Gasteiger partial charge in [0.15, 0.2) is 0 Å². The van der Waals surface area contributed by atoms with E-state index in [1.54, 1.807) is 48.8 Å². The van der Waals surface area contributed by atoms with E-state index in [-0.39, 0.29) is 30.3 Å². The Morgan fingerprint density at radius 3 is 2.46 bits per heavy atom. The molecule has 26 heavy (non-hydrogen) atoms. The number of pyridine rings is 1. The summed E-state index contributed by atoms with van der Waals surface area (Å²) in [5.41, 5.74) is 1.07. The fourth-order valence-corrected chi connectivity index (χ4v) is 2.46. The number of amides is 2. The van der Waals surface area contributed by atoms with Crippen LogP contribution in [0.4, 0.5) is 0 Å². The standard InChI is InChI=1S/C18H17N5O3/c24-16(21-11-17(25)20-10-12-5-7-19-8-6-12)9-15-13-3-1-2-4-14(13)18(26)23-22-15/h1-8H,9-11H2,(H,20,25)(H,21,24)(H,23,26). The molecule has 8 heteroatoms. The van der Waals surface area contributed by atoms with Gasteiger partial charge in [-0.25, -0.2) is 5.10 Å². The summed E-state index contributed by atoms with van der Waals surface area (Å²) in [6.45, 7) is 0.231. The molecule has 0 atom stereocenters. The fourth-order valence-electron chi connectivity index (χ4n) is 2.46. The quantitative estimate of drug-likeness (QED) is 0.590. The van der Waals surface area contributed by atoms with Crippen LogP contribution in [0, 0.1) is 0 Å². The first-order chi connectivity index (χ1) is 12.6. The summed E-state index contributed by atoms with van der Waals surface area (Å²) in [5, 5.41) is 12.7. The van der Waals surface area contributed by atoms with Crippen LogP contribution in [0.5, 0.6) is 0 Å². The third kappa shape index (κ3) is 4.29. The minimum atomic E-state index is -0.353. The van der Waals surface area contributed by atoms with Crippen LogP contribution in [-0.2, 0) is 22.6 Å². The Labute approximate surface area is 148 Å². The number of benzene rings is 1. The van der Waals surface area contributed by atoms with E-state index in [4.69, 9.17) is 0 Å². The van der Waals surface area contributed by atoms with Crippen LogP contribution in [-0.4, -0.2) is 33.5 Å². The predicted molar refractivity (Wildman–Crippen MR) is 95.2 cm³/mol. The zero-order valence-electron chi connectivity index (χ0n) is 13.9. The van der Waals surface area contributed by atoms with Gasteiger partial charge in [-0.1, -0.05) is 18.2 Å². The zero-order chi connectivity index (χ0) is 18.4. The van der Waals surface area contributed by atoms with Crippen LogP contribution >= 0.6 is 0 Å². The number of carbonyl (C=O) groups excluding carboxylic acids is 2. The fraction of sp³-hybridized carbons (Fsp3) is 0.167. The number of nitrogens with zero attached hydrogens (tertiary/aromatic N) is 2. The highest BCUT2D eigenvalue weighted by Gasteiger charge is 2.11. The van der Waals surface area contributed by atoms with E-state index in [0.717, 1.165) is 5.56 Å². The molecule has 2 heterocycles. The van der Waals surface area contributed by atoms with Gasteiger partial charge in [-0.15, -0.1) is 0 Å². The van der Waals surface area contributed by atoms with Gasteiger partial charge in [0.05, 0.1) is 24.0 Å². The molecule has 0 radical (unpaired) electrons. The van der Waals surface area contributed by atoms with E-state index < -0.39 is 0 Å². The molecule has 8 nitrogen and oxygen atoms in total. The van der Waals surface area contributed by atoms with Crippen LogP contribution in [0.25, 0.3) is 10.8 Å². The maximum absolute atomic E-state index is 12.1. The minimum absolute atomic E-state index is 0.0328. The zero-order valence-corrected chi connectivity index (χ0v) is 13.9. The second kappa shape index (κ2) is 8.02. The minimum Gasteiger partial charge on any atom is -0.350 e. The van der Waals surface area contributed by atoms with Crippen LogP contribution in [0.15, 0.2) is 53.6 Å². The number of aromatic nitrogens is 3. The Balaban J connectivity index is 1.54. The summed E-state index contributed by atoms with van der Waals surface area (Å²) in [7, 11) is 0. The van der Waals surface area contributed by atoms with Crippen molar-refractivity contribution in [3.8, 4) is 0 Å². The molecule has 132 valence electrons. The van der Waals surface area contributed by atoms with Crippen molar-refractivity contribution in [3.63, 3.8) is 0 Å². The van der Waals surface area contributed by atoms with E-state index in [2.05, 4.69) is 25.8 Å². The van der Waals surface area contributed by atoms with Crippen LogP contribution in [0.2, 0.25) is 0 Å². The van der Waals surface area contributed by atoms with Crippen molar-refractivity contribution in [1.82, 2.24) is 25.8 Å². The van der Waals surface area contributed by atoms with Gasteiger partial charge in [0.2, 0.25) is 11.8 Å². The van der Waals surface area contributed by atoms with Crippen molar-refractivity contribution in [2.24, 2.45) is 0 Å². The Bertz CT molecular complexity index is 985. The van der Waals surface area contributed by atoms with Gasteiger partial charge in [0, 0.05) is 24.3 Å². The Morgan fingerprint density at radius 2 is 1.69 bits per heavy atom.